The van der Waals surface area contributed by atoms with Crippen molar-refractivity contribution in [1.82, 2.24) is 14.6 Å². The minimum absolute atomic E-state index is 0.00715. The summed E-state index contributed by atoms with van der Waals surface area (Å²) in [6.07, 6.45) is 1.64. The Bertz CT molecular complexity index is 1100. The number of esters is 1. The molecule has 2 aliphatic rings. The minimum Gasteiger partial charge on any atom is -0.487 e. The van der Waals surface area contributed by atoms with Gasteiger partial charge in [0.25, 0.3) is 0 Å². The number of hydrogen-bond acceptors (Lipinski definition) is 6. The lowest BCUT2D eigenvalue weighted by Gasteiger charge is -2.28. The van der Waals surface area contributed by atoms with Crippen LogP contribution in [0.1, 0.15) is 35.3 Å². The molecule has 0 radical (unpaired) electrons. The molecule has 3 aromatic rings. The van der Waals surface area contributed by atoms with Crippen LogP contribution in [-0.4, -0.2) is 46.0 Å². The van der Waals surface area contributed by atoms with Crippen LogP contribution in [0, 0.1) is 5.82 Å². The maximum atomic E-state index is 14.5. The molecule has 0 unspecified atom stereocenters. The third-order valence-corrected chi connectivity index (χ3v) is 5.23. The molecule has 0 spiro atoms. The first-order chi connectivity index (χ1) is 14.0. The van der Waals surface area contributed by atoms with Gasteiger partial charge in [-0.2, -0.15) is 5.10 Å². The number of halogens is 2. The number of carbonyl (C=O) groups excluding carboxylic acids is 1. The molecular formula is C20H18F2N4O3. The largest absolute Gasteiger partial charge is 0.487 e. The van der Waals surface area contributed by atoms with Gasteiger partial charge in [0.1, 0.15) is 41.8 Å². The van der Waals surface area contributed by atoms with E-state index in [1.165, 1.54) is 28.9 Å². The summed E-state index contributed by atoms with van der Waals surface area (Å²) in [5.41, 5.74) is 1.08. The zero-order chi connectivity index (χ0) is 20.1. The molecule has 0 amide bonds. The van der Waals surface area contributed by atoms with E-state index in [9.17, 15) is 13.6 Å². The average molecular weight is 400 g/mol. The molecule has 2 bridgehead atoms. The second-order valence-electron chi connectivity index (χ2n) is 7.32. The molecule has 0 saturated carbocycles. The highest BCUT2D eigenvalue weighted by atomic mass is 19.1. The number of rotatable bonds is 0. The summed E-state index contributed by atoms with van der Waals surface area (Å²) < 4.78 is 41.3. The summed E-state index contributed by atoms with van der Waals surface area (Å²) in [6.45, 7) is 1.84. The van der Waals surface area contributed by atoms with Crippen molar-refractivity contribution in [3.63, 3.8) is 0 Å². The standard InChI is InChI=1S/C20H18F2N4O3/c1-11-10-28-20(27)15-8-23-26-5-4-18(24-19(15)26)25-9-13(22)7-16(25)14-6-12(21)2-3-17(14)29-11/h2-6,8,11,13,16H,7,9-10H2,1H3/t11-,13-,16+/m0/s1. The van der Waals surface area contributed by atoms with Gasteiger partial charge in [-0.1, -0.05) is 0 Å². The van der Waals surface area contributed by atoms with Crippen LogP contribution in [0.3, 0.4) is 0 Å². The zero-order valence-electron chi connectivity index (χ0n) is 15.6. The predicted molar refractivity (Wildman–Crippen MR) is 99.4 cm³/mol. The monoisotopic (exact) mass is 400 g/mol. The van der Waals surface area contributed by atoms with Gasteiger partial charge in [0.15, 0.2) is 5.65 Å². The Morgan fingerprint density at radius 2 is 2.14 bits per heavy atom. The van der Waals surface area contributed by atoms with Crippen molar-refractivity contribution >= 4 is 17.4 Å². The average Bonchev–Trinajstić information content (AvgIpc) is 3.30. The maximum absolute atomic E-state index is 14.5. The van der Waals surface area contributed by atoms with E-state index in [0.29, 0.717) is 22.8 Å². The topological polar surface area (TPSA) is 69.0 Å². The van der Waals surface area contributed by atoms with Crippen molar-refractivity contribution in [2.45, 2.75) is 31.7 Å². The van der Waals surface area contributed by atoms with Gasteiger partial charge in [-0.3, -0.25) is 0 Å². The van der Waals surface area contributed by atoms with Crippen molar-refractivity contribution in [3.8, 4) is 5.75 Å². The fourth-order valence-corrected chi connectivity index (χ4v) is 3.90. The van der Waals surface area contributed by atoms with Gasteiger partial charge >= 0.3 is 5.97 Å². The lowest BCUT2D eigenvalue weighted by Crippen LogP contribution is -2.26. The van der Waals surface area contributed by atoms with Crippen LogP contribution >= 0.6 is 0 Å². The van der Waals surface area contributed by atoms with E-state index >= 15 is 0 Å². The van der Waals surface area contributed by atoms with E-state index in [1.54, 1.807) is 24.1 Å². The molecule has 29 heavy (non-hydrogen) atoms. The molecule has 2 aromatic heterocycles. The first-order valence-electron chi connectivity index (χ1n) is 9.38. The van der Waals surface area contributed by atoms with Gasteiger partial charge in [-0.15, -0.1) is 0 Å². The number of fused-ring (bicyclic) bond motifs is 5. The van der Waals surface area contributed by atoms with Crippen molar-refractivity contribution in [1.29, 1.82) is 0 Å². The van der Waals surface area contributed by atoms with Gasteiger partial charge in [-0.25, -0.2) is 23.1 Å². The summed E-state index contributed by atoms with van der Waals surface area (Å²) in [5.74, 6) is -0.0957. The van der Waals surface area contributed by atoms with Crippen LogP contribution in [0.15, 0.2) is 36.7 Å². The second-order valence-corrected chi connectivity index (χ2v) is 7.32. The summed E-state index contributed by atoms with van der Waals surface area (Å²) in [7, 11) is 0. The Balaban J connectivity index is 1.70. The SMILES string of the molecule is C[C@H]1COC(=O)c2cnn3ccc(nc23)N2C[C@@H](F)C[C@@H]2c2cc(F)ccc2O1. The van der Waals surface area contributed by atoms with Crippen molar-refractivity contribution in [2.24, 2.45) is 0 Å². The second kappa shape index (κ2) is 6.68. The summed E-state index contributed by atoms with van der Waals surface area (Å²) in [4.78, 5) is 18.8. The minimum atomic E-state index is -1.10. The molecular weight excluding hydrogens is 382 g/mol. The van der Waals surface area contributed by atoms with E-state index in [2.05, 4.69) is 10.1 Å². The molecule has 0 N–H and O–H groups in total. The molecule has 4 heterocycles. The van der Waals surface area contributed by atoms with Crippen LogP contribution in [0.25, 0.3) is 5.65 Å². The van der Waals surface area contributed by atoms with Gasteiger partial charge in [0, 0.05) is 18.2 Å². The predicted octanol–water partition coefficient (Wildman–Crippen LogP) is 3.10. The molecule has 1 saturated heterocycles. The third-order valence-electron chi connectivity index (χ3n) is 5.23. The number of hydrogen-bond donors (Lipinski definition) is 0. The fourth-order valence-electron chi connectivity index (χ4n) is 3.90. The van der Waals surface area contributed by atoms with Gasteiger partial charge < -0.3 is 14.4 Å². The Morgan fingerprint density at radius 3 is 3.00 bits per heavy atom. The molecule has 7 nitrogen and oxygen atoms in total. The van der Waals surface area contributed by atoms with E-state index in [1.807, 2.05) is 0 Å². The number of cyclic esters (lactones) is 1. The number of anilines is 1. The highest BCUT2D eigenvalue weighted by Crippen LogP contribution is 2.41. The van der Waals surface area contributed by atoms with Crippen molar-refractivity contribution in [3.05, 3.63) is 53.6 Å². The normalized spacial score (nSPS) is 24.2. The van der Waals surface area contributed by atoms with Crippen molar-refractivity contribution in [2.75, 3.05) is 18.1 Å². The van der Waals surface area contributed by atoms with Crippen LogP contribution < -0.4 is 9.64 Å². The first-order valence-corrected chi connectivity index (χ1v) is 9.38. The molecule has 9 heteroatoms. The number of nitrogens with zero attached hydrogens (tertiary/aromatic N) is 4. The Kier molecular flexibility index (Phi) is 4.11. The number of aromatic nitrogens is 3. The molecule has 1 fully saturated rings. The summed E-state index contributed by atoms with van der Waals surface area (Å²) in [5, 5.41) is 4.13. The highest BCUT2D eigenvalue weighted by molar-refractivity contribution is 5.95. The first kappa shape index (κ1) is 17.8. The van der Waals surface area contributed by atoms with E-state index < -0.39 is 30.1 Å². The van der Waals surface area contributed by atoms with Gasteiger partial charge in [0.2, 0.25) is 0 Å². The number of benzene rings is 1. The molecule has 0 aliphatic carbocycles. The van der Waals surface area contributed by atoms with Crippen LogP contribution in [0.4, 0.5) is 14.6 Å². The Morgan fingerprint density at radius 1 is 1.28 bits per heavy atom. The lowest BCUT2D eigenvalue weighted by molar-refractivity contribution is 0.0341. The summed E-state index contributed by atoms with van der Waals surface area (Å²) in [6, 6.07) is 5.43. The molecule has 150 valence electrons. The van der Waals surface area contributed by atoms with Crippen molar-refractivity contribution < 1.29 is 23.0 Å². The Hall–Kier alpha value is -3.23. The zero-order valence-corrected chi connectivity index (χ0v) is 15.6. The molecule has 2 aliphatic heterocycles. The molecule has 1 aromatic carbocycles. The van der Waals surface area contributed by atoms with E-state index in [4.69, 9.17) is 9.47 Å². The summed E-state index contributed by atoms with van der Waals surface area (Å²) >= 11 is 0. The van der Waals surface area contributed by atoms with Crippen LogP contribution in [-0.2, 0) is 4.74 Å². The number of alkyl halides is 1. The number of ether oxygens (including phenoxy) is 2. The van der Waals surface area contributed by atoms with E-state index in [0.717, 1.165) is 0 Å². The fraction of sp³-hybridized carbons (Fsp3) is 0.350. The van der Waals surface area contributed by atoms with Gasteiger partial charge in [-0.05, 0) is 31.2 Å². The van der Waals surface area contributed by atoms with Crippen LogP contribution in [0.5, 0.6) is 5.75 Å². The van der Waals surface area contributed by atoms with E-state index in [-0.39, 0.29) is 25.1 Å². The Labute approximate surface area is 164 Å². The highest BCUT2D eigenvalue weighted by Gasteiger charge is 2.37. The quantitative estimate of drug-likeness (QED) is 0.540. The molecule has 5 rings (SSSR count). The van der Waals surface area contributed by atoms with Gasteiger partial charge in [0.05, 0.1) is 18.8 Å². The number of carbonyl (C=O) groups is 1. The molecule has 3 atom stereocenters. The van der Waals surface area contributed by atoms with Crippen LogP contribution in [0.2, 0.25) is 0 Å². The maximum Gasteiger partial charge on any atom is 0.343 e. The third kappa shape index (κ3) is 3.06. The lowest BCUT2D eigenvalue weighted by atomic mass is 10.0. The smallest absolute Gasteiger partial charge is 0.343 e.